The van der Waals surface area contributed by atoms with E-state index in [9.17, 15) is 9.18 Å². The van der Waals surface area contributed by atoms with E-state index in [4.69, 9.17) is 11.6 Å². The monoisotopic (exact) mass is 343 g/mol. The molecule has 0 N–H and O–H groups in total. The molecule has 0 saturated heterocycles. The highest BCUT2D eigenvalue weighted by Crippen LogP contribution is 2.27. The zero-order chi connectivity index (χ0) is 17.1. The molecule has 2 aromatic carbocycles. The fourth-order valence-corrected chi connectivity index (χ4v) is 3.12. The second kappa shape index (κ2) is 7.18. The van der Waals surface area contributed by atoms with Crippen molar-refractivity contribution in [1.29, 1.82) is 0 Å². The van der Waals surface area contributed by atoms with E-state index in [-0.39, 0.29) is 23.6 Å². The van der Waals surface area contributed by atoms with Gasteiger partial charge >= 0.3 is 0 Å². The fourth-order valence-electron chi connectivity index (χ4n) is 2.99. The van der Waals surface area contributed by atoms with Crippen LogP contribution in [0.2, 0.25) is 5.02 Å². The third-order valence-electron chi connectivity index (χ3n) is 4.51. The van der Waals surface area contributed by atoms with Crippen molar-refractivity contribution in [1.82, 2.24) is 4.90 Å². The molecular weight excluding hydrogens is 325 g/mol. The topological polar surface area (TPSA) is 20.3 Å². The van der Waals surface area contributed by atoms with Gasteiger partial charge in [0.05, 0.1) is 6.04 Å². The predicted molar refractivity (Wildman–Crippen MR) is 94.8 cm³/mol. The maximum atomic E-state index is 13.0. The minimum absolute atomic E-state index is 0.0801. The SMILES string of the molecule is CC(C(=O)c1ccc(Cl)cc1)N1C=CC(c2ccc(F)cc2)CC1. The second-order valence-electron chi connectivity index (χ2n) is 6.07. The van der Waals surface area contributed by atoms with Crippen LogP contribution in [0.1, 0.15) is 35.2 Å². The van der Waals surface area contributed by atoms with Gasteiger partial charge in [0.15, 0.2) is 5.78 Å². The number of hydrogen-bond acceptors (Lipinski definition) is 2. The molecule has 0 fully saturated rings. The zero-order valence-electron chi connectivity index (χ0n) is 13.5. The molecule has 4 heteroatoms. The molecule has 24 heavy (non-hydrogen) atoms. The van der Waals surface area contributed by atoms with Gasteiger partial charge in [-0.15, -0.1) is 0 Å². The lowest BCUT2D eigenvalue weighted by molar-refractivity contribution is 0.0880. The molecule has 0 amide bonds. The van der Waals surface area contributed by atoms with Gasteiger partial charge in [0, 0.05) is 23.0 Å². The molecular formula is C20H19ClFNO. The van der Waals surface area contributed by atoms with Gasteiger partial charge in [0.1, 0.15) is 5.82 Å². The number of benzene rings is 2. The summed E-state index contributed by atoms with van der Waals surface area (Å²) in [5, 5.41) is 0.624. The lowest BCUT2D eigenvalue weighted by Crippen LogP contribution is -2.38. The molecule has 2 atom stereocenters. The lowest BCUT2D eigenvalue weighted by Gasteiger charge is -2.32. The Morgan fingerprint density at radius 3 is 2.42 bits per heavy atom. The summed E-state index contributed by atoms with van der Waals surface area (Å²) in [6, 6.07) is 13.4. The molecule has 0 spiro atoms. The molecule has 3 rings (SSSR count). The van der Waals surface area contributed by atoms with E-state index in [2.05, 4.69) is 11.0 Å². The summed E-state index contributed by atoms with van der Waals surface area (Å²) in [7, 11) is 0. The normalized spacial score (nSPS) is 18.5. The van der Waals surface area contributed by atoms with Crippen LogP contribution in [0.4, 0.5) is 4.39 Å². The Hall–Kier alpha value is -2.13. The third kappa shape index (κ3) is 3.68. The molecule has 0 radical (unpaired) electrons. The number of allylic oxidation sites excluding steroid dienone is 1. The van der Waals surface area contributed by atoms with E-state index in [1.54, 1.807) is 24.3 Å². The van der Waals surface area contributed by atoms with Crippen molar-refractivity contribution in [2.24, 2.45) is 0 Å². The molecule has 0 aliphatic carbocycles. The number of ketones is 1. The summed E-state index contributed by atoms with van der Waals surface area (Å²) in [5.41, 5.74) is 1.77. The van der Waals surface area contributed by atoms with Gasteiger partial charge in [0.25, 0.3) is 0 Å². The number of halogens is 2. The Bertz CT molecular complexity index is 739. The van der Waals surface area contributed by atoms with Crippen LogP contribution < -0.4 is 0 Å². The quantitative estimate of drug-likeness (QED) is 0.724. The van der Waals surface area contributed by atoms with Crippen molar-refractivity contribution in [3.63, 3.8) is 0 Å². The van der Waals surface area contributed by atoms with Crippen LogP contribution in [0.15, 0.2) is 60.8 Å². The summed E-state index contributed by atoms with van der Waals surface area (Å²) in [4.78, 5) is 14.6. The van der Waals surface area contributed by atoms with E-state index in [1.165, 1.54) is 12.1 Å². The Kier molecular flexibility index (Phi) is 5.00. The van der Waals surface area contributed by atoms with Crippen LogP contribution in [0.3, 0.4) is 0 Å². The summed E-state index contributed by atoms with van der Waals surface area (Å²) in [6.07, 6.45) is 4.97. The van der Waals surface area contributed by atoms with E-state index >= 15 is 0 Å². The van der Waals surface area contributed by atoms with E-state index in [0.29, 0.717) is 10.6 Å². The first kappa shape index (κ1) is 16.7. The van der Waals surface area contributed by atoms with Gasteiger partial charge in [-0.3, -0.25) is 4.79 Å². The van der Waals surface area contributed by atoms with Crippen molar-refractivity contribution < 1.29 is 9.18 Å². The number of rotatable bonds is 4. The highest BCUT2D eigenvalue weighted by atomic mass is 35.5. The number of carbonyl (C=O) groups is 1. The molecule has 1 aliphatic heterocycles. The molecule has 0 bridgehead atoms. The predicted octanol–water partition coefficient (Wildman–Crippen LogP) is 5.05. The van der Waals surface area contributed by atoms with Crippen LogP contribution in [0.25, 0.3) is 0 Å². The zero-order valence-corrected chi connectivity index (χ0v) is 14.2. The van der Waals surface area contributed by atoms with Crippen molar-refractivity contribution in [2.75, 3.05) is 6.54 Å². The maximum Gasteiger partial charge on any atom is 0.184 e. The number of nitrogens with zero attached hydrogens (tertiary/aromatic N) is 1. The van der Waals surface area contributed by atoms with E-state index < -0.39 is 0 Å². The van der Waals surface area contributed by atoms with Crippen molar-refractivity contribution in [3.05, 3.63) is 82.8 Å². The molecule has 0 aromatic heterocycles. The average molecular weight is 344 g/mol. The minimum Gasteiger partial charge on any atom is -0.368 e. The summed E-state index contributed by atoms with van der Waals surface area (Å²) in [5.74, 6) is 0.124. The minimum atomic E-state index is -0.225. The van der Waals surface area contributed by atoms with Gasteiger partial charge in [-0.25, -0.2) is 4.39 Å². The molecule has 1 heterocycles. The Morgan fingerprint density at radius 1 is 1.17 bits per heavy atom. The maximum absolute atomic E-state index is 13.0. The molecule has 1 aliphatic rings. The van der Waals surface area contributed by atoms with Gasteiger partial charge in [-0.05, 0) is 61.5 Å². The standard InChI is InChI=1S/C20H19ClFNO/c1-14(20(24)17-2-6-18(21)7-3-17)23-12-10-16(11-13-23)15-4-8-19(22)9-5-15/h2-10,12,14,16H,11,13H2,1H3. The van der Waals surface area contributed by atoms with Crippen molar-refractivity contribution in [3.8, 4) is 0 Å². The Labute approximate surface area is 146 Å². The number of Topliss-reactive ketones (excluding diaryl/α,β-unsaturated/α-hetero) is 1. The van der Waals surface area contributed by atoms with Crippen molar-refractivity contribution in [2.45, 2.75) is 25.3 Å². The van der Waals surface area contributed by atoms with Crippen LogP contribution in [0.5, 0.6) is 0 Å². The molecule has 2 unspecified atom stereocenters. The van der Waals surface area contributed by atoms with Gasteiger partial charge in [0.2, 0.25) is 0 Å². The Balaban J connectivity index is 1.68. The summed E-state index contributed by atoms with van der Waals surface area (Å²) in [6.45, 7) is 2.71. The first-order chi connectivity index (χ1) is 11.5. The molecule has 2 nitrogen and oxygen atoms in total. The Morgan fingerprint density at radius 2 is 1.83 bits per heavy atom. The van der Waals surface area contributed by atoms with Crippen LogP contribution in [-0.2, 0) is 0 Å². The first-order valence-corrected chi connectivity index (χ1v) is 8.42. The van der Waals surface area contributed by atoms with Crippen LogP contribution >= 0.6 is 11.6 Å². The van der Waals surface area contributed by atoms with Crippen LogP contribution in [-0.4, -0.2) is 23.3 Å². The van der Waals surface area contributed by atoms with Crippen molar-refractivity contribution >= 4 is 17.4 Å². The summed E-state index contributed by atoms with van der Waals surface area (Å²) >= 11 is 5.87. The van der Waals surface area contributed by atoms with E-state index in [1.807, 2.05) is 25.3 Å². The number of carbonyl (C=O) groups excluding carboxylic acids is 1. The van der Waals surface area contributed by atoms with E-state index in [0.717, 1.165) is 18.5 Å². The highest BCUT2D eigenvalue weighted by molar-refractivity contribution is 6.30. The lowest BCUT2D eigenvalue weighted by atomic mass is 9.92. The highest BCUT2D eigenvalue weighted by Gasteiger charge is 2.24. The average Bonchev–Trinajstić information content (AvgIpc) is 2.62. The third-order valence-corrected chi connectivity index (χ3v) is 4.76. The van der Waals surface area contributed by atoms with Gasteiger partial charge in [-0.1, -0.05) is 29.8 Å². The second-order valence-corrected chi connectivity index (χ2v) is 6.51. The summed E-state index contributed by atoms with van der Waals surface area (Å²) < 4.78 is 13.0. The first-order valence-electron chi connectivity index (χ1n) is 8.04. The van der Waals surface area contributed by atoms with Gasteiger partial charge in [-0.2, -0.15) is 0 Å². The van der Waals surface area contributed by atoms with Crippen LogP contribution in [0, 0.1) is 5.82 Å². The number of hydrogen-bond donors (Lipinski definition) is 0. The molecule has 0 saturated carbocycles. The largest absolute Gasteiger partial charge is 0.368 e. The molecule has 2 aromatic rings. The molecule has 124 valence electrons. The fraction of sp³-hybridized carbons (Fsp3) is 0.250. The smallest absolute Gasteiger partial charge is 0.184 e. The van der Waals surface area contributed by atoms with Gasteiger partial charge < -0.3 is 4.90 Å².